The normalized spacial score (nSPS) is 10.6. The molecule has 2 aromatic rings. The minimum atomic E-state index is -0.194. The molecule has 1 aromatic heterocycles. The summed E-state index contributed by atoms with van der Waals surface area (Å²) >= 11 is 12.8. The third-order valence-corrected chi connectivity index (χ3v) is 3.65. The first-order valence-electron chi connectivity index (χ1n) is 3.57. The molecule has 1 heterocycles. The van der Waals surface area contributed by atoms with Crippen molar-refractivity contribution in [2.24, 2.45) is 0 Å². The first-order valence-corrected chi connectivity index (χ1v) is 5.14. The zero-order valence-corrected chi connectivity index (χ0v) is 8.71. The molecule has 0 saturated carbocycles. The van der Waals surface area contributed by atoms with Gasteiger partial charge in [-0.3, -0.25) is 4.79 Å². The van der Waals surface area contributed by atoms with Crippen LogP contribution in [0.3, 0.4) is 0 Å². The summed E-state index contributed by atoms with van der Waals surface area (Å²) in [5.74, 6) is 0. The zero-order valence-electron chi connectivity index (χ0n) is 6.38. The molecule has 1 aromatic carbocycles. The number of rotatable bonds is 0. The van der Waals surface area contributed by atoms with E-state index < -0.39 is 0 Å². The van der Waals surface area contributed by atoms with Crippen LogP contribution in [0, 0.1) is 0 Å². The van der Waals surface area contributed by atoms with E-state index in [0.29, 0.717) is 9.72 Å². The summed E-state index contributed by atoms with van der Waals surface area (Å²) in [4.78, 5) is 11.5. The molecule has 0 aliphatic carbocycles. The monoisotopic (exact) mass is 230 g/mol. The third-order valence-electron chi connectivity index (χ3n) is 1.70. The van der Waals surface area contributed by atoms with E-state index in [2.05, 4.69) is 0 Å². The highest BCUT2D eigenvalue weighted by Gasteiger charge is 2.07. The molecule has 0 bridgehead atoms. The van der Waals surface area contributed by atoms with Crippen LogP contribution in [-0.4, -0.2) is 0 Å². The van der Waals surface area contributed by atoms with Gasteiger partial charge in [-0.05, 0) is 12.1 Å². The minimum Gasteiger partial charge on any atom is -0.287 e. The predicted molar refractivity (Wildman–Crippen MR) is 58.1 cm³/mol. The van der Waals surface area contributed by atoms with E-state index in [4.69, 9.17) is 23.2 Å². The van der Waals surface area contributed by atoms with Gasteiger partial charge in [0, 0.05) is 10.1 Å². The fourth-order valence-electron chi connectivity index (χ4n) is 1.09. The lowest BCUT2D eigenvalue weighted by Crippen LogP contribution is -2.00. The molecule has 66 valence electrons. The van der Waals surface area contributed by atoms with Gasteiger partial charge >= 0.3 is 0 Å². The Bertz CT molecular complexity index is 518. The highest BCUT2D eigenvalue weighted by atomic mass is 35.5. The van der Waals surface area contributed by atoms with Crippen molar-refractivity contribution in [1.82, 2.24) is 0 Å². The Morgan fingerprint density at radius 1 is 1.15 bits per heavy atom. The van der Waals surface area contributed by atoms with Crippen LogP contribution in [0.4, 0.5) is 0 Å². The quantitative estimate of drug-likeness (QED) is 0.677. The fraction of sp³-hybridized carbons (Fsp3) is 0. The van der Waals surface area contributed by atoms with Crippen LogP contribution in [-0.2, 0) is 0 Å². The van der Waals surface area contributed by atoms with Crippen molar-refractivity contribution in [3.63, 3.8) is 0 Å². The smallest absolute Gasteiger partial charge is 0.208 e. The van der Waals surface area contributed by atoms with Gasteiger partial charge in [-0.2, -0.15) is 0 Å². The van der Waals surface area contributed by atoms with Crippen molar-refractivity contribution >= 4 is 44.6 Å². The van der Waals surface area contributed by atoms with E-state index in [1.165, 1.54) is 11.3 Å². The van der Waals surface area contributed by atoms with E-state index in [1.807, 2.05) is 12.1 Å². The molecule has 0 saturated heterocycles. The standard InChI is InChI=1S/C9H4Cl2OS/c10-7-8(12)5-3-1-2-4-6(5)13-9(7)11/h1-4H. The highest BCUT2D eigenvalue weighted by Crippen LogP contribution is 2.28. The Labute approximate surface area is 88.5 Å². The SMILES string of the molecule is O=c1c(Cl)c(Cl)sc2ccccc12. The maximum absolute atomic E-state index is 11.5. The van der Waals surface area contributed by atoms with E-state index in [9.17, 15) is 4.79 Å². The molecule has 0 aliphatic heterocycles. The average Bonchev–Trinajstić information content (AvgIpc) is 2.15. The van der Waals surface area contributed by atoms with Crippen LogP contribution in [0.1, 0.15) is 0 Å². The largest absolute Gasteiger partial charge is 0.287 e. The second-order valence-electron chi connectivity index (χ2n) is 2.52. The summed E-state index contributed by atoms with van der Waals surface area (Å²) in [5.41, 5.74) is -0.194. The molecule has 0 spiro atoms. The lowest BCUT2D eigenvalue weighted by molar-refractivity contribution is 1.72. The lowest BCUT2D eigenvalue weighted by atomic mass is 10.2. The van der Waals surface area contributed by atoms with Crippen LogP contribution in [0.15, 0.2) is 29.1 Å². The maximum atomic E-state index is 11.5. The summed E-state index contributed by atoms with van der Waals surface area (Å²) in [7, 11) is 0. The minimum absolute atomic E-state index is 0.116. The Morgan fingerprint density at radius 3 is 2.62 bits per heavy atom. The van der Waals surface area contributed by atoms with Crippen LogP contribution < -0.4 is 5.43 Å². The molecule has 2 rings (SSSR count). The van der Waals surface area contributed by atoms with Gasteiger partial charge in [0.15, 0.2) is 0 Å². The van der Waals surface area contributed by atoms with E-state index in [-0.39, 0.29) is 10.5 Å². The first-order chi connectivity index (χ1) is 6.20. The van der Waals surface area contributed by atoms with E-state index >= 15 is 0 Å². The van der Waals surface area contributed by atoms with Crippen LogP contribution in [0.2, 0.25) is 9.36 Å². The van der Waals surface area contributed by atoms with E-state index in [0.717, 1.165) is 4.70 Å². The van der Waals surface area contributed by atoms with Gasteiger partial charge in [0.2, 0.25) is 5.43 Å². The molecule has 0 fully saturated rings. The van der Waals surface area contributed by atoms with Gasteiger partial charge < -0.3 is 0 Å². The second kappa shape index (κ2) is 3.29. The number of hydrogen-bond donors (Lipinski definition) is 0. The molecular weight excluding hydrogens is 227 g/mol. The first kappa shape index (κ1) is 9.00. The number of benzene rings is 1. The Balaban J connectivity index is 3.03. The summed E-state index contributed by atoms with van der Waals surface area (Å²) < 4.78 is 1.22. The van der Waals surface area contributed by atoms with E-state index in [1.54, 1.807) is 12.1 Å². The molecule has 0 N–H and O–H groups in total. The zero-order chi connectivity index (χ0) is 9.42. The van der Waals surface area contributed by atoms with Crippen molar-refractivity contribution in [2.75, 3.05) is 0 Å². The van der Waals surface area contributed by atoms with Gasteiger partial charge in [-0.25, -0.2) is 0 Å². The van der Waals surface area contributed by atoms with Crippen LogP contribution in [0.25, 0.3) is 10.1 Å². The van der Waals surface area contributed by atoms with Gasteiger partial charge in [0.1, 0.15) is 9.36 Å². The van der Waals surface area contributed by atoms with Gasteiger partial charge in [-0.15, -0.1) is 11.3 Å². The molecular formula is C9H4Cl2OS. The topological polar surface area (TPSA) is 17.1 Å². The molecule has 0 radical (unpaired) electrons. The van der Waals surface area contributed by atoms with Crippen molar-refractivity contribution in [3.05, 3.63) is 43.8 Å². The van der Waals surface area contributed by atoms with Crippen molar-refractivity contribution in [2.45, 2.75) is 0 Å². The lowest BCUT2D eigenvalue weighted by Gasteiger charge is -1.97. The fourth-order valence-corrected chi connectivity index (χ4v) is 2.44. The van der Waals surface area contributed by atoms with Gasteiger partial charge in [-0.1, -0.05) is 35.3 Å². The van der Waals surface area contributed by atoms with Crippen molar-refractivity contribution in [3.8, 4) is 0 Å². The molecule has 1 nitrogen and oxygen atoms in total. The van der Waals surface area contributed by atoms with Crippen molar-refractivity contribution in [1.29, 1.82) is 0 Å². The average molecular weight is 231 g/mol. The number of hydrogen-bond acceptors (Lipinski definition) is 2. The summed E-state index contributed by atoms with van der Waals surface area (Å²) in [6.45, 7) is 0. The molecule has 4 heteroatoms. The van der Waals surface area contributed by atoms with Crippen LogP contribution in [0.5, 0.6) is 0 Å². The second-order valence-corrected chi connectivity index (χ2v) is 4.55. The molecule has 0 amide bonds. The molecule has 0 atom stereocenters. The molecule has 0 aliphatic rings. The number of fused-ring (bicyclic) bond motifs is 1. The predicted octanol–water partition coefficient (Wildman–Crippen LogP) is 3.57. The van der Waals surface area contributed by atoms with Gasteiger partial charge in [0.05, 0.1) is 0 Å². The Kier molecular flexibility index (Phi) is 2.28. The number of halogens is 2. The van der Waals surface area contributed by atoms with Crippen LogP contribution >= 0.6 is 34.5 Å². The van der Waals surface area contributed by atoms with Crippen molar-refractivity contribution < 1.29 is 0 Å². The Morgan fingerprint density at radius 2 is 1.85 bits per heavy atom. The third kappa shape index (κ3) is 1.46. The maximum Gasteiger partial charge on any atom is 0.208 e. The molecule has 13 heavy (non-hydrogen) atoms. The van der Waals surface area contributed by atoms with Gasteiger partial charge in [0.25, 0.3) is 0 Å². The molecule has 0 unspecified atom stereocenters. The highest BCUT2D eigenvalue weighted by molar-refractivity contribution is 7.22. The summed E-state index contributed by atoms with van der Waals surface area (Å²) in [6, 6.07) is 7.27. The summed E-state index contributed by atoms with van der Waals surface area (Å²) in [5, 5.41) is 0.743. The Hall–Kier alpha value is -0.570. The summed E-state index contributed by atoms with van der Waals surface area (Å²) in [6.07, 6.45) is 0.